The van der Waals surface area contributed by atoms with E-state index in [0.717, 1.165) is 6.42 Å². The smallest absolute Gasteiger partial charge is 0.00258 e. The zero-order valence-electron chi connectivity index (χ0n) is 35.0. The van der Waals surface area contributed by atoms with Crippen molar-refractivity contribution in [3.05, 3.63) is 193 Å². The van der Waals surface area contributed by atoms with Gasteiger partial charge in [0, 0.05) is 0 Å². The van der Waals surface area contributed by atoms with Crippen LogP contribution in [0.5, 0.6) is 0 Å². The number of benzene rings is 8. The fourth-order valence-electron chi connectivity index (χ4n) is 5.26. The van der Waals surface area contributed by atoms with Crippen LogP contribution in [0.2, 0.25) is 0 Å². The van der Waals surface area contributed by atoms with Gasteiger partial charge >= 0.3 is 0 Å². The highest BCUT2D eigenvalue weighted by molar-refractivity contribution is 6.07. The van der Waals surface area contributed by atoms with Crippen molar-refractivity contribution in [2.24, 2.45) is 0 Å². The van der Waals surface area contributed by atoms with Crippen molar-refractivity contribution >= 4 is 43.1 Å². The second-order valence-electron chi connectivity index (χ2n) is 10.2. The summed E-state index contributed by atoms with van der Waals surface area (Å²) >= 11 is 0. The van der Waals surface area contributed by atoms with E-state index in [2.05, 4.69) is 182 Å². The first-order valence-corrected chi connectivity index (χ1v) is 20.2. The molecule has 0 saturated heterocycles. The minimum atomic E-state index is 1.03. The summed E-state index contributed by atoms with van der Waals surface area (Å²) in [5, 5.41) is 10.5. The molecular formula is C53H68. The summed E-state index contributed by atoms with van der Waals surface area (Å²) in [4.78, 5) is 0. The van der Waals surface area contributed by atoms with Gasteiger partial charge in [-0.2, -0.15) is 0 Å². The maximum Gasteiger partial charge on any atom is -0.00258 e. The summed E-state index contributed by atoms with van der Waals surface area (Å²) in [7, 11) is 0. The Hall–Kier alpha value is -5.20. The van der Waals surface area contributed by atoms with Crippen LogP contribution in [-0.2, 0) is 6.42 Å². The lowest BCUT2D eigenvalue weighted by Crippen LogP contribution is -1.85. The van der Waals surface area contributed by atoms with Crippen molar-refractivity contribution in [3.63, 3.8) is 0 Å². The van der Waals surface area contributed by atoms with Crippen LogP contribution in [0.3, 0.4) is 0 Å². The van der Waals surface area contributed by atoms with E-state index in [1.807, 2.05) is 83.1 Å². The number of fused-ring (bicyclic) bond motifs is 5. The molecule has 0 N–H and O–H groups in total. The minimum Gasteiger partial charge on any atom is -0.0683 e. The zero-order chi connectivity index (χ0) is 39.7. The lowest BCUT2D eigenvalue weighted by Gasteiger charge is -2.02. The van der Waals surface area contributed by atoms with Crippen molar-refractivity contribution in [2.75, 3.05) is 0 Å². The second kappa shape index (κ2) is 31.5. The lowest BCUT2D eigenvalue weighted by atomic mass is 10.0. The van der Waals surface area contributed by atoms with E-state index in [-0.39, 0.29) is 0 Å². The molecule has 0 heterocycles. The normalized spacial score (nSPS) is 8.83. The third kappa shape index (κ3) is 16.3. The summed E-state index contributed by atoms with van der Waals surface area (Å²) in [6.45, 7) is 24.0. The molecule has 8 aromatic carbocycles. The maximum atomic E-state index is 2.24. The molecule has 8 rings (SSSR count). The Morgan fingerprint density at radius 1 is 0.226 bits per heavy atom. The zero-order valence-corrected chi connectivity index (χ0v) is 35.0. The van der Waals surface area contributed by atoms with Gasteiger partial charge in [-0.15, -0.1) is 0 Å². The third-order valence-corrected chi connectivity index (χ3v) is 7.36. The van der Waals surface area contributed by atoms with Crippen LogP contribution in [0.25, 0.3) is 43.1 Å². The van der Waals surface area contributed by atoms with Crippen molar-refractivity contribution in [3.8, 4) is 0 Å². The predicted octanol–water partition coefficient (Wildman–Crippen LogP) is 17.4. The Labute approximate surface area is 324 Å². The molecule has 53 heavy (non-hydrogen) atoms. The largest absolute Gasteiger partial charge is 0.0683 e. The van der Waals surface area contributed by atoms with E-state index >= 15 is 0 Å². The monoisotopic (exact) mass is 705 g/mol. The molecule has 0 aliphatic carbocycles. The van der Waals surface area contributed by atoms with Crippen LogP contribution in [-0.4, -0.2) is 0 Å². The van der Waals surface area contributed by atoms with E-state index in [4.69, 9.17) is 0 Å². The quantitative estimate of drug-likeness (QED) is 0.124. The van der Waals surface area contributed by atoms with Gasteiger partial charge in [0.25, 0.3) is 0 Å². The molecule has 0 nitrogen and oxygen atoms in total. The fourth-order valence-corrected chi connectivity index (χ4v) is 5.26. The fraction of sp³-hybridized carbons (Fsp3) is 0.245. The van der Waals surface area contributed by atoms with Crippen LogP contribution < -0.4 is 0 Å². The van der Waals surface area contributed by atoms with Gasteiger partial charge in [-0.25, -0.2) is 0 Å². The van der Waals surface area contributed by atoms with Crippen molar-refractivity contribution in [1.29, 1.82) is 0 Å². The molecule has 0 aromatic heterocycles. The second-order valence-corrected chi connectivity index (χ2v) is 10.2. The van der Waals surface area contributed by atoms with Gasteiger partial charge < -0.3 is 0 Å². The number of hydrogen-bond donors (Lipinski definition) is 0. The van der Waals surface area contributed by atoms with Crippen molar-refractivity contribution in [1.82, 2.24) is 0 Å². The summed E-state index contributed by atoms with van der Waals surface area (Å²) in [5.74, 6) is 0. The summed E-state index contributed by atoms with van der Waals surface area (Å²) in [6, 6.07) is 63.9. The minimum absolute atomic E-state index is 1.03. The first kappa shape index (κ1) is 47.8. The molecule has 0 unspecified atom stereocenters. The van der Waals surface area contributed by atoms with Gasteiger partial charge in [0.15, 0.2) is 0 Å². The first-order valence-electron chi connectivity index (χ1n) is 20.2. The molecule has 0 bridgehead atoms. The van der Waals surface area contributed by atoms with E-state index in [9.17, 15) is 0 Å². The average molecular weight is 705 g/mol. The highest BCUT2D eigenvalue weighted by atomic mass is 14.0. The van der Waals surface area contributed by atoms with Gasteiger partial charge in [0.05, 0.1) is 0 Å². The molecule has 0 spiro atoms. The number of hydrogen-bond acceptors (Lipinski definition) is 0. The molecule has 280 valence electrons. The molecule has 0 saturated carbocycles. The molecule has 0 aliphatic rings. The third-order valence-electron chi connectivity index (χ3n) is 7.36. The van der Waals surface area contributed by atoms with Crippen LogP contribution >= 0.6 is 0 Å². The highest BCUT2D eigenvalue weighted by Gasteiger charge is 1.98. The van der Waals surface area contributed by atoms with Crippen LogP contribution in [0.1, 0.15) is 94.2 Å². The Morgan fingerprint density at radius 3 is 0.736 bits per heavy atom. The molecule has 0 radical (unpaired) electrons. The standard InChI is InChI=1S/2C14H10.C13H12.6C2H6/c1-3-7-13-11(5-1)9-10-12-6-2-4-8-14(12)13;1-2-6-12-10-14-8-4-3-7-13(14)9-11(12)5-1;1-3-7-12(8-4-1)11-13-9-5-2-6-10-13;6*1-2/h2*1-10H;1-10H,11H2;6*1-2H3. The van der Waals surface area contributed by atoms with Crippen molar-refractivity contribution in [2.45, 2.75) is 89.5 Å². The van der Waals surface area contributed by atoms with Gasteiger partial charge in [-0.3, -0.25) is 0 Å². The predicted molar refractivity (Wildman–Crippen MR) is 247 cm³/mol. The summed E-state index contributed by atoms with van der Waals surface area (Å²) in [5.41, 5.74) is 2.74. The Morgan fingerprint density at radius 2 is 0.453 bits per heavy atom. The van der Waals surface area contributed by atoms with Crippen molar-refractivity contribution < 1.29 is 0 Å². The molecule has 0 atom stereocenters. The molecule has 0 amide bonds. The molecule has 0 heteroatoms. The van der Waals surface area contributed by atoms with Gasteiger partial charge in [-0.1, -0.05) is 253 Å². The van der Waals surface area contributed by atoms with E-state index in [1.54, 1.807) is 0 Å². The Bertz CT molecular complexity index is 1790. The van der Waals surface area contributed by atoms with E-state index in [0.29, 0.717) is 0 Å². The molecule has 0 aliphatic heterocycles. The van der Waals surface area contributed by atoms with E-state index in [1.165, 1.54) is 54.2 Å². The van der Waals surface area contributed by atoms with Gasteiger partial charge in [0.1, 0.15) is 0 Å². The van der Waals surface area contributed by atoms with Gasteiger partial charge in [0.2, 0.25) is 0 Å². The molecule has 8 aromatic rings. The van der Waals surface area contributed by atoms with Crippen LogP contribution in [0.4, 0.5) is 0 Å². The summed E-state index contributed by atoms with van der Waals surface area (Å²) < 4.78 is 0. The molecular weight excluding hydrogens is 637 g/mol. The topological polar surface area (TPSA) is 0 Å². The summed E-state index contributed by atoms with van der Waals surface area (Å²) in [6.07, 6.45) is 1.03. The van der Waals surface area contributed by atoms with Crippen LogP contribution in [0.15, 0.2) is 182 Å². The Balaban J connectivity index is 0.000000670. The SMILES string of the molecule is CC.CC.CC.CC.CC.CC.c1ccc(Cc2ccccc2)cc1.c1ccc2c(c1)ccc1ccccc12.c1ccc2cc3ccccc3cc2c1. The van der Waals surface area contributed by atoms with E-state index < -0.39 is 0 Å². The highest BCUT2D eigenvalue weighted by Crippen LogP contribution is 2.25. The number of rotatable bonds is 2. The van der Waals surface area contributed by atoms with Gasteiger partial charge in [-0.05, 0) is 72.8 Å². The first-order chi connectivity index (χ1) is 26.3. The molecule has 0 fully saturated rings. The maximum absolute atomic E-state index is 2.24. The van der Waals surface area contributed by atoms with Crippen LogP contribution in [0, 0.1) is 0 Å². The lowest BCUT2D eigenvalue weighted by molar-refractivity contribution is 1.19. The average Bonchev–Trinajstić information content (AvgIpc) is 3.28. The Kier molecular flexibility index (Phi) is 28.4.